The zero-order valence-electron chi connectivity index (χ0n) is 14.4. The first-order chi connectivity index (χ1) is 12.5. The first kappa shape index (κ1) is 17.4. The highest BCUT2D eigenvalue weighted by molar-refractivity contribution is 5.80. The Morgan fingerprint density at radius 2 is 2.04 bits per heavy atom. The number of ether oxygens (including phenoxy) is 1. The van der Waals surface area contributed by atoms with Crippen LogP contribution < -0.4 is 10.1 Å². The van der Waals surface area contributed by atoms with E-state index in [-0.39, 0.29) is 24.1 Å². The molecule has 0 aliphatic heterocycles. The van der Waals surface area contributed by atoms with Crippen LogP contribution in [0.5, 0.6) is 5.75 Å². The molecular weight excluding hydrogens is 336 g/mol. The predicted molar refractivity (Wildman–Crippen MR) is 96.0 cm³/mol. The molecular formula is C18H18N4O4. The summed E-state index contributed by atoms with van der Waals surface area (Å²) in [6, 6.07) is 11.3. The Balaban J connectivity index is 1.68. The first-order valence-electron chi connectivity index (χ1n) is 8.02. The number of nitro groups is 1. The fraction of sp³-hybridized carbons (Fsp3) is 0.222. The Kier molecular flexibility index (Phi) is 4.83. The molecule has 3 aromatic rings. The number of carbonyl (C=O) groups is 1. The molecule has 0 saturated heterocycles. The lowest BCUT2D eigenvalue weighted by Gasteiger charge is -2.11. The van der Waals surface area contributed by atoms with Gasteiger partial charge in [0.15, 0.2) is 0 Å². The van der Waals surface area contributed by atoms with Crippen LogP contribution >= 0.6 is 0 Å². The van der Waals surface area contributed by atoms with Crippen LogP contribution in [-0.2, 0) is 11.2 Å². The summed E-state index contributed by atoms with van der Waals surface area (Å²) in [5.41, 5.74) is 2.03. The second-order valence-electron chi connectivity index (χ2n) is 5.89. The maximum atomic E-state index is 12.2. The predicted octanol–water partition coefficient (Wildman–Crippen LogP) is 2.90. The third kappa shape index (κ3) is 3.80. The van der Waals surface area contributed by atoms with E-state index in [4.69, 9.17) is 4.74 Å². The second kappa shape index (κ2) is 7.22. The van der Waals surface area contributed by atoms with Gasteiger partial charge in [-0.1, -0.05) is 12.1 Å². The summed E-state index contributed by atoms with van der Waals surface area (Å²) in [5, 5.41) is 13.7. The van der Waals surface area contributed by atoms with Crippen molar-refractivity contribution in [3.8, 4) is 5.75 Å². The van der Waals surface area contributed by atoms with Crippen LogP contribution in [0.4, 0.5) is 5.69 Å². The Morgan fingerprint density at radius 1 is 1.31 bits per heavy atom. The zero-order valence-corrected chi connectivity index (χ0v) is 14.4. The number of rotatable bonds is 6. The molecule has 1 aromatic heterocycles. The summed E-state index contributed by atoms with van der Waals surface area (Å²) < 4.78 is 5.09. The number of H-pyrrole nitrogens is 1. The summed E-state index contributed by atoms with van der Waals surface area (Å²) in [7, 11) is 1.59. The molecule has 3 rings (SSSR count). The molecule has 26 heavy (non-hydrogen) atoms. The van der Waals surface area contributed by atoms with E-state index in [1.54, 1.807) is 32.2 Å². The van der Waals surface area contributed by atoms with Gasteiger partial charge in [-0.15, -0.1) is 0 Å². The van der Waals surface area contributed by atoms with E-state index >= 15 is 0 Å². The van der Waals surface area contributed by atoms with E-state index in [0.29, 0.717) is 16.9 Å². The number of aromatic nitrogens is 2. The normalized spacial score (nSPS) is 11.9. The highest BCUT2D eigenvalue weighted by Crippen LogP contribution is 2.21. The number of nitrogens with zero attached hydrogens (tertiary/aromatic N) is 2. The highest BCUT2D eigenvalue weighted by atomic mass is 16.6. The van der Waals surface area contributed by atoms with Gasteiger partial charge in [0.1, 0.15) is 11.6 Å². The number of non-ortho nitro benzene ring substituents is 1. The van der Waals surface area contributed by atoms with Gasteiger partial charge < -0.3 is 15.0 Å². The summed E-state index contributed by atoms with van der Waals surface area (Å²) in [6.45, 7) is 1.80. The minimum atomic E-state index is -0.458. The highest BCUT2D eigenvalue weighted by Gasteiger charge is 2.15. The number of hydrogen-bond acceptors (Lipinski definition) is 5. The first-order valence-corrected chi connectivity index (χ1v) is 8.02. The van der Waals surface area contributed by atoms with Crippen molar-refractivity contribution >= 4 is 22.6 Å². The molecule has 1 amide bonds. The van der Waals surface area contributed by atoms with Gasteiger partial charge >= 0.3 is 0 Å². The van der Waals surface area contributed by atoms with Crippen LogP contribution in [0.15, 0.2) is 42.5 Å². The van der Waals surface area contributed by atoms with Crippen molar-refractivity contribution in [2.45, 2.75) is 19.4 Å². The van der Waals surface area contributed by atoms with Gasteiger partial charge in [0.25, 0.3) is 5.69 Å². The molecule has 134 valence electrons. The van der Waals surface area contributed by atoms with Gasteiger partial charge in [-0.3, -0.25) is 14.9 Å². The Bertz CT molecular complexity index is 949. The van der Waals surface area contributed by atoms with Gasteiger partial charge in [-0.05, 0) is 30.7 Å². The van der Waals surface area contributed by atoms with E-state index in [0.717, 1.165) is 11.3 Å². The average Bonchev–Trinajstić information content (AvgIpc) is 3.05. The average molecular weight is 354 g/mol. The Morgan fingerprint density at radius 3 is 2.69 bits per heavy atom. The van der Waals surface area contributed by atoms with Crippen LogP contribution in [0.25, 0.3) is 11.0 Å². The topological polar surface area (TPSA) is 110 Å². The lowest BCUT2D eigenvalue weighted by molar-refractivity contribution is -0.384. The number of aromatic amines is 1. The molecule has 2 aromatic carbocycles. The summed E-state index contributed by atoms with van der Waals surface area (Å²) >= 11 is 0. The van der Waals surface area contributed by atoms with E-state index in [2.05, 4.69) is 15.3 Å². The van der Waals surface area contributed by atoms with E-state index in [9.17, 15) is 14.9 Å². The van der Waals surface area contributed by atoms with Crippen molar-refractivity contribution in [3.05, 3.63) is 64.0 Å². The number of methoxy groups -OCH3 is 1. The van der Waals surface area contributed by atoms with Gasteiger partial charge in [-0.2, -0.15) is 0 Å². The molecule has 2 N–H and O–H groups in total. The van der Waals surface area contributed by atoms with Crippen molar-refractivity contribution in [2.24, 2.45) is 0 Å². The number of amides is 1. The Labute approximate surface area is 149 Å². The molecule has 0 saturated carbocycles. The molecule has 1 unspecified atom stereocenters. The zero-order chi connectivity index (χ0) is 18.7. The summed E-state index contributed by atoms with van der Waals surface area (Å²) in [4.78, 5) is 30.0. The minimum Gasteiger partial charge on any atom is -0.497 e. The second-order valence-corrected chi connectivity index (χ2v) is 5.89. The van der Waals surface area contributed by atoms with Crippen molar-refractivity contribution in [1.29, 1.82) is 0 Å². The van der Waals surface area contributed by atoms with Crippen LogP contribution in [0.2, 0.25) is 0 Å². The van der Waals surface area contributed by atoms with Crippen LogP contribution in [0.3, 0.4) is 0 Å². The van der Waals surface area contributed by atoms with Gasteiger partial charge in [-0.25, -0.2) is 4.98 Å². The SMILES string of the molecule is COc1ccc(CC(=O)NC(C)c2nc3ccc([N+](=O)[O-])cc3[nH]2)cc1. The molecule has 8 heteroatoms. The number of imidazole rings is 1. The third-order valence-electron chi connectivity index (χ3n) is 4.01. The number of nitro benzene ring substituents is 1. The molecule has 0 aliphatic carbocycles. The van der Waals surface area contributed by atoms with Gasteiger partial charge in [0, 0.05) is 12.1 Å². The third-order valence-corrected chi connectivity index (χ3v) is 4.01. The monoisotopic (exact) mass is 354 g/mol. The fourth-order valence-electron chi connectivity index (χ4n) is 2.63. The van der Waals surface area contributed by atoms with Crippen LogP contribution in [0.1, 0.15) is 24.4 Å². The molecule has 0 radical (unpaired) electrons. The maximum Gasteiger partial charge on any atom is 0.271 e. The number of hydrogen-bond donors (Lipinski definition) is 2. The Hall–Kier alpha value is -3.42. The van der Waals surface area contributed by atoms with E-state index < -0.39 is 4.92 Å². The minimum absolute atomic E-state index is 0.0103. The number of carbonyl (C=O) groups excluding carboxylic acids is 1. The van der Waals surface area contributed by atoms with Crippen molar-refractivity contribution in [2.75, 3.05) is 7.11 Å². The van der Waals surface area contributed by atoms with Crippen LogP contribution in [0, 0.1) is 10.1 Å². The van der Waals surface area contributed by atoms with Crippen molar-refractivity contribution < 1.29 is 14.5 Å². The standard InChI is InChI=1S/C18H18N4O4/c1-11(19-17(23)9-12-3-6-14(26-2)7-4-12)18-20-15-8-5-13(22(24)25)10-16(15)21-18/h3-8,10-11H,9H2,1-2H3,(H,19,23)(H,20,21). The lowest BCUT2D eigenvalue weighted by atomic mass is 10.1. The van der Waals surface area contributed by atoms with Crippen molar-refractivity contribution in [3.63, 3.8) is 0 Å². The molecule has 0 aliphatic rings. The molecule has 0 bridgehead atoms. The molecule has 0 fully saturated rings. The van der Waals surface area contributed by atoms with Crippen LogP contribution in [-0.4, -0.2) is 27.9 Å². The van der Waals surface area contributed by atoms with Gasteiger partial charge in [0.05, 0.1) is 35.5 Å². The molecule has 1 atom stereocenters. The summed E-state index contributed by atoms with van der Waals surface area (Å²) in [5.74, 6) is 1.14. The van der Waals surface area contributed by atoms with E-state index in [1.165, 1.54) is 12.1 Å². The smallest absolute Gasteiger partial charge is 0.271 e. The largest absolute Gasteiger partial charge is 0.497 e. The van der Waals surface area contributed by atoms with Gasteiger partial charge in [0.2, 0.25) is 5.91 Å². The van der Waals surface area contributed by atoms with E-state index in [1.807, 2.05) is 12.1 Å². The fourth-order valence-corrected chi connectivity index (χ4v) is 2.63. The molecule has 0 spiro atoms. The number of benzene rings is 2. The quantitative estimate of drug-likeness (QED) is 0.522. The molecule has 8 nitrogen and oxygen atoms in total. The summed E-state index contributed by atoms with van der Waals surface area (Å²) in [6.07, 6.45) is 0.236. The number of fused-ring (bicyclic) bond motifs is 1. The maximum absolute atomic E-state index is 12.2. The molecule has 1 heterocycles. The lowest BCUT2D eigenvalue weighted by Crippen LogP contribution is -2.28. The number of nitrogens with one attached hydrogen (secondary N) is 2. The van der Waals surface area contributed by atoms with Crippen molar-refractivity contribution in [1.82, 2.24) is 15.3 Å².